The van der Waals surface area contributed by atoms with Gasteiger partial charge in [0, 0.05) is 44.7 Å². The zero-order valence-corrected chi connectivity index (χ0v) is 20.2. The Morgan fingerprint density at radius 1 is 1.30 bits per heavy atom. The number of thioether (sulfide) groups is 1. The standard InChI is InChI=1S/C18H30N4O2S2.HI/c1-15-5-4-6-17(13-15)16(2)14-21-18(19-3)20-7-12-26(23,24)22-8-10-25-11-9-22;/h4-6,13,16H,7-12,14H2,1-3H3,(H2,19,20,21);1H. The van der Waals surface area contributed by atoms with E-state index in [1.165, 1.54) is 11.1 Å². The minimum Gasteiger partial charge on any atom is -0.356 e. The van der Waals surface area contributed by atoms with Crippen molar-refractivity contribution < 1.29 is 8.42 Å². The van der Waals surface area contributed by atoms with Gasteiger partial charge in [0.1, 0.15) is 0 Å². The Hall–Kier alpha value is -0.520. The monoisotopic (exact) mass is 526 g/mol. The summed E-state index contributed by atoms with van der Waals surface area (Å²) in [5.74, 6) is 2.82. The number of aliphatic imine (C=N–C) groups is 1. The molecule has 1 aliphatic heterocycles. The third-order valence-electron chi connectivity index (χ3n) is 4.43. The van der Waals surface area contributed by atoms with Crippen molar-refractivity contribution in [3.63, 3.8) is 0 Å². The molecule has 0 spiro atoms. The number of nitrogens with one attached hydrogen (secondary N) is 2. The maximum absolute atomic E-state index is 12.4. The molecule has 0 radical (unpaired) electrons. The molecule has 1 aromatic carbocycles. The van der Waals surface area contributed by atoms with Gasteiger partial charge in [0.25, 0.3) is 0 Å². The van der Waals surface area contributed by atoms with Crippen LogP contribution in [0.4, 0.5) is 0 Å². The van der Waals surface area contributed by atoms with Gasteiger partial charge in [-0.3, -0.25) is 4.99 Å². The summed E-state index contributed by atoms with van der Waals surface area (Å²) in [6, 6.07) is 8.47. The van der Waals surface area contributed by atoms with Crippen LogP contribution in [0, 0.1) is 6.92 Å². The topological polar surface area (TPSA) is 73.8 Å². The average Bonchev–Trinajstić information content (AvgIpc) is 2.65. The van der Waals surface area contributed by atoms with Gasteiger partial charge in [0.2, 0.25) is 10.0 Å². The molecule has 1 fully saturated rings. The van der Waals surface area contributed by atoms with E-state index < -0.39 is 10.0 Å². The van der Waals surface area contributed by atoms with Crippen molar-refractivity contribution in [2.75, 3.05) is 50.5 Å². The fourth-order valence-corrected chi connectivity index (χ4v) is 5.31. The van der Waals surface area contributed by atoms with Gasteiger partial charge in [-0.25, -0.2) is 12.7 Å². The summed E-state index contributed by atoms with van der Waals surface area (Å²) in [4.78, 5) is 4.19. The van der Waals surface area contributed by atoms with Crippen LogP contribution in [-0.4, -0.2) is 69.2 Å². The van der Waals surface area contributed by atoms with Crippen LogP contribution in [-0.2, 0) is 10.0 Å². The van der Waals surface area contributed by atoms with Crippen LogP contribution in [0.3, 0.4) is 0 Å². The van der Waals surface area contributed by atoms with Crippen LogP contribution in [0.1, 0.15) is 24.0 Å². The molecule has 1 aromatic rings. The van der Waals surface area contributed by atoms with Crippen molar-refractivity contribution in [2.45, 2.75) is 19.8 Å². The number of guanidine groups is 1. The van der Waals surface area contributed by atoms with E-state index in [-0.39, 0.29) is 29.7 Å². The van der Waals surface area contributed by atoms with E-state index in [2.05, 4.69) is 53.7 Å². The lowest BCUT2D eigenvalue weighted by Crippen LogP contribution is -2.44. The first-order valence-corrected chi connectivity index (χ1v) is 11.8. The Labute approximate surface area is 185 Å². The van der Waals surface area contributed by atoms with E-state index in [1.807, 2.05) is 0 Å². The maximum Gasteiger partial charge on any atom is 0.215 e. The molecule has 1 aliphatic rings. The Morgan fingerprint density at radius 2 is 2.00 bits per heavy atom. The van der Waals surface area contributed by atoms with Crippen LogP contribution >= 0.6 is 35.7 Å². The van der Waals surface area contributed by atoms with E-state index in [1.54, 1.807) is 23.1 Å². The SMILES string of the molecule is CN=C(NCCS(=O)(=O)N1CCSCC1)NCC(C)c1cccc(C)c1.I. The van der Waals surface area contributed by atoms with E-state index >= 15 is 0 Å². The third kappa shape index (κ3) is 8.16. The second kappa shape index (κ2) is 12.1. The highest BCUT2D eigenvalue weighted by molar-refractivity contribution is 14.0. The number of nitrogens with zero attached hydrogens (tertiary/aromatic N) is 2. The average molecular weight is 527 g/mol. The molecule has 0 bridgehead atoms. The first kappa shape index (κ1) is 24.5. The predicted octanol–water partition coefficient (Wildman–Crippen LogP) is 2.26. The zero-order chi connectivity index (χ0) is 19.0. The fourth-order valence-electron chi connectivity index (χ4n) is 2.82. The van der Waals surface area contributed by atoms with E-state index in [4.69, 9.17) is 0 Å². The van der Waals surface area contributed by atoms with Gasteiger partial charge in [-0.05, 0) is 18.4 Å². The molecule has 2 N–H and O–H groups in total. The van der Waals surface area contributed by atoms with Crippen LogP contribution < -0.4 is 10.6 Å². The quantitative estimate of drug-likeness (QED) is 0.324. The highest BCUT2D eigenvalue weighted by Crippen LogP contribution is 2.15. The number of hydrogen-bond acceptors (Lipinski definition) is 4. The normalized spacial score (nSPS) is 17.1. The molecule has 1 heterocycles. The largest absolute Gasteiger partial charge is 0.356 e. The van der Waals surface area contributed by atoms with Crippen molar-refractivity contribution in [2.24, 2.45) is 4.99 Å². The van der Waals surface area contributed by atoms with Gasteiger partial charge in [-0.1, -0.05) is 36.8 Å². The Balaban J connectivity index is 0.00000364. The summed E-state index contributed by atoms with van der Waals surface area (Å²) in [5, 5.41) is 6.39. The molecule has 1 atom stereocenters. The zero-order valence-electron chi connectivity index (χ0n) is 16.3. The van der Waals surface area contributed by atoms with Crippen LogP contribution in [0.2, 0.25) is 0 Å². The van der Waals surface area contributed by atoms with Crippen molar-refractivity contribution >= 4 is 51.7 Å². The van der Waals surface area contributed by atoms with Crippen LogP contribution in [0.5, 0.6) is 0 Å². The summed E-state index contributed by atoms with van der Waals surface area (Å²) < 4.78 is 26.3. The molecular formula is C18H31IN4O2S2. The Kier molecular flexibility index (Phi) is 11.0. The molecule has 27 heavy (non-hydrogen) atoms. The summed E-state index contributed by atoms with van der Waals surface area (Å²) in [6.45, 7) is 6.57. The van der Waals surface area contributed by atoms with E-state index in [0.717, 1.165) is 18.1 Å². The summed E-state index contributed by atoms with van der Waals surface area (Å²) in [5.41, 5.74) is 2.52. The molecule has 6 nitrogen and oxygen atoms in total. The molecule has 1 saturated heterocycles. The van der Waals surface area contributed by atoms with Gasteiger partial charge >= 0.3 is 0 Å². The van der Waals surface area contributed by atoms with Crippen molar-refractivity contribution in [1.29, 1.82) is 0 Å². The van der Waals surface area contributed by atoms with Gasteiger partial charge < -0.3 is 10.6 Å². The van der Waals surface area contributed by atoms with Crippen LogP contribution in [0.25, 0.3) is 0 Å². The number of aryl methyl sites for hydroxylation is 1. The van der Waals surface area contributed by atoms with Gasteiger partial charge in [-0.2, -0.15) is 11.8 Å². The minimum atomic E-state index is -3.19. The number of sulfonamides is 1. The molecule has 154 valence electrons. The molecule has 2 rings (SSSR count). The van der Waals surface area contributed by atoms with Crippen molar-refractivity contribution in [3.05, 3.63) is 35.4 Å². The number of hydrogen-bond donors (Lipinski definition) is 2. The predicted molar refractivity (Wildman–Crippen MR) is 127 cm³/mol. The summed E-state index contributed by atoms with van der Waals surface area (Å²) in [6.07, 6.45) is 0. The lowest BCUT2D eigenvalue weighted by atomic mass is 9.99. The lowest BCUT2D eigenvalue weighted by Gasteiger charge is -2.25. The van der Waals surface area contributed by atoms with E-state index in [0.29, 0.717) is 31.5 Å². The van der Waals surface area contributed by atoms with Gasteiger partial charge in [0.15, 0.2) is 5.96 Å². The van der Waals surface area contributed by atoms with Gasteiger partial charge in [0.05, 0.1) is 5.75 Å². The lowest BCUT2D eigenvalue weighted by molar-refractivity contribution is 0.443. The second-order valence-corrected chi connectivity index (χ2v) is 9.84. The first-order chi connectivity index (χ1) is 12.4. The molecule has 0 aromatic heterocycles. The maximum atomic E-state index is 12.4. The summed E-state index contributed by atoms with van der Waals surface area (Å²) >= 11 is 1.80. The molecule has 0 saturated carbocycles. The Bertz CT molecular complexity index is 707. The molecule has 1 unspecified atom stereocenters. The molecular weight excluding hydrogens is 495 g/mol. The van der Waals surface area contributed by atoms with E-state index in [9.17, 15) is 8.42 Å². The number of rotatable bonds is 7. The van der Waals surface area contributed by atoms with Crippen molar-refractivity contribution in [3.8, 4) is 0 Å². The molecule has 9 heteroatoms. The smallest absolute Gasteiger partial charge is 0.215 e. The number of benzene rings is 1. The third-order valence-corrected chi connectivity index (χ3v) is 7.24. The van der Waals surface area contributed by atoms with Gasteiger partial charge in [-0.15, -0.1) is 24.0 Å². The highest BCUT2D eigenvalue weighted by atomic mass is 127. The number of halogens is 1. The first-order valence-electron chi connectivity index (χ1n) is 8.99. The minimum absolute atomic E-state index is 0. The molecule has 0 aliphatic carbocycles. The second-order valence-electron chi connectivity index (χ2n) is 6.52. The van der Waals surface area contributed by atoms with Crippen molar-refractivity contribution in [1.82, 2.24) is 14.9 Å². The molecule has 0 amide bonds. The van der Waals surface area contributed by atoms with Crippen LogP contribution in [0.15, 0.2) is 29.3 Å². The highest BCUT2D eigenvalue weighted by Gasteiger charge is 2.23. The fraction of sp³-hybridized carbons (Fsp3) is 0.611. The Morgan fingerprint density at radius 3 is 2.63 bits per heavy atom. The summed E-state index contributed by atoms with van der Waals surface area (Å²) in [7, 11) is -1.49.